The van der Waals surface area contributed by atoms with E-state index in [2.05, 4.69) is 10.6 Å². The third-order valence-electron chi connectivity index (χ3n) is 5.48. The molecule has 0 radical (unpaired) electrons. The lowest BCUT2D eigenvalue weighted by molar-refractivity contribution is -0.133. The molecule has 1 heterocycles. The predicted molar refractivity (Wildman–Crippen MR) is 119 cm³/mol. The number of imide groups is 1. The first-order valence-corrected chi connectivity index (χ1v) is 10.0. The highest BCUT2D eigenvalue weighted by Crippen LogP contribution is 2.29. The SMILES string of the molecule is Cc1ccc(C2(C)NC(=O)N(CC(=O)Nc3ccc(-c4ccccc4)cc3)C2=O)cc1. The molecule has 3 aromatic carbocycles. The summed E-state index contributed by atoms with van der Waals surface area (Å²) in [6.45, 7) is 3.24. The maximum Gasteiger partial charge on any atom is 0.325 e. The number of amides is 4. The molecule has 4 rings (SSSR count). The number of urea groups is 1. The molecule has 0 aliphatic carbocycles. The number of aryl methyl sites for hydroxylation is 1. The van der Waals surface area contributed by atoms with E-state index in [1.54, 1.807) is 19.1 Å². The smallest absolute Gasteiger partial charge is 0.325 e. The van der Waals surface area contributed by atoms with Crippen molar-refractivity contribution in [2.75, 3.05) is 11.9 Å². The van der Waals surface area contributed by atoms with Gasteiger partial charge >= 0.3 is 6.03 Å². The van der Waals surface area contributed by atoms with Crippen LogP contribution in [-0.2, 0) is 15.1 Å². The van der Waals surface area contributed by atoms with E-state index in [0.717, 1.165) is 21.6 Å². The van der Waals surface area contributed by atoms with E-state index in [1.165, 1.54) is 0 Å². The minimum atomic E-state index is -1.19. The quantitative estimate of drug-likeness (QED) is 0.619. The topological polar surface area (TPSA) is 78.5 Å². The zero-order valence-corrected chi connectivity index (χ0v) is 17.4. The van der Waals surface area contributed by atoms with Gasteiger partial charge in [0.2, 0.25) is 5.91 Å². The van der Waals surface area contributed by atoms with E-state index in [1.807, 2.05) is 73.7 Å². The number of hydrogen-bond donors (Lipinski definition) is 2. The van der Waals surface area contributed by atoms with Crippen LogP contribution in [0.1, 0.15) is 18.1 Å². The van der Waals surface area contributed by atoms with Gasteiger partial charge in [-0.2, -0.15) is 0 Å². The summed E-state index contributed by atoms with van der Waals surface area (Å²) in [5.74, 6) is -0.889. The van der Waals surface area contributed by atoms with E-state index in [4.69, 9.17) is 0 Å². The molecule has 1 aliphatic rings. The first-order valence-electron chi connectivity index (χ1n) is 10.0. The van der Waals surface area contributed by atoms with Crippen molar-refractivity contribution in [2.24, 2.45) is 0 Å². The number of hydrogen-bond acceptors (Lipinski definition) is 3. The molecular weight excluding hydrogens is 390 g/mol. The Morgan fingerprint density at radius 2 is 1.52 bits per heavy atom. The van der Waals surface area contributed by atoms with Crippen molar-refractivity contribution < 1.29 is 14.4 Å². The van der Waals surface area contributed by atoms with Crippen LogP contribution in [0.5, 0.6) is 0 Å². The number of rotatable bonds is 5. The second kappa shape index (κ2) is 8.07. The zero-order chi connectivity index (χ0) is 22.0. The van der Waals surface area contributed by atoms with Gasteiger partial charge in [-0.3, -0.25) is 14.5 Å². The number of benzene rings is 3. The fourth-order valence-corrected chi connectivity index (χ4v) is 3.64. The molecule has 0 aromatic heterocycles. The summed E-state index contributed by atoms with van der Waals surface area (Å²) in [4.78, 5) is 38.9. The van der Waals surface area contributed by atoms with Gasteiger partial charge in [-0.15, -0.1) is 0 Å². The number of nitrogens with one attached hydrogen (secondary N) is 2. The van der Waals surface area contributed by atoms with Crippen LogP contribution in [0, 0.1) is 6.92 Å². The molecule has 6 nitrogen and oxygen atoms in total. The third-order valence-corrected chi connectivity index (χ3v) is 5.48. The second-order valence-corrected chi connectivity index (χ2v) is 7.80. The van der Waals surface area contributed by atoms with Crippen molar-refractivity contribution in [3.63, 3.8) is 0 Å². The third kappa shape index (κ3) is 4.05. The number of carbonyl (C=O) groups is 3. The van der Waals surface area contributed by atoms with Gasteiger partial charge in [0, 0.05) is 5.69 Å². The summed E-state index contributed by atoms with van der Waals surface area (Å²) in [5.41, 5.74) is 3.24. The summed E-state index contributed by atoms with van der Waals surface area (Å²) in [5, 5.41) is 5.47. The Morgan fingerprint density at radius 3 is 2.16 bits per heavy atom. The molecule has 4 amide bonds. The van der Waals surface area contributed by atoms with Crippen molar-refractivity contribution in [1.82, 2.24) is 10.2 Å². The minimum Gasteiger partial charge on any atom is -0.325 e. The molecular formula is C25H23N3O3. The van der Waals surface area contributed by atoms with Crippen LogP contribution in [0.2, 0.25) is 0 Å². The standard InChI is InChI=1S/C25H23N3O3/c1-17-8-12-20(13-9-17)25(2)23(30)28(24(31)27-25)16-22(29)26-21-14-10-19(11-15-21)18-6-4-3-5-7-18/h3-15H,16H2,1-2H3,(H,26,29)(H,27,31). The predicted octanol–water partition coefficient (Wildman–Crippen LogP) is 4.07. The Balaban J connectivity index is 1.43. The summed E-state index contributed by atoms with van der Waals surface area (Å²) in [6, 6.07) is 24.1. The van der Waals surface area contributed by atoms with Crippen molar-refractivity contribution in [3.05, 3.63) is 90.0 Å². The summed E-state index contributed by atoms with van der Waals surface area (Å²) < 4.78 is 0. The number of anilines is 1. The highest BCUT2D eigenvalue weighted by Gasteiger charge is 2.49. The molecule has 3 aromatic rings. The van der Waals surface area contributed by atoms with Crippen LogP contribution < -0.4 is 10.6 Å². The van der Waals surface area contributed by atoms with Gasteiger partial charge in [-0.05, 0) is 42.7 Å². The van der Waals surface area contributed by atoms with Gasteiger partial charge in [0.25, 0.3) is 5.91 Å². The van der Waals surface area contributed by atoms with E-state index < -0.39 is 23.4 Å². The minimum absolute atomic E-state index is 0.355. The van der Waals surface area contributed by atoms with Gasteiger partial charge < -0.3 is 10.6 Å². The highest BCUT2D eigenvalue weighted by atomic mass is 16.2. The van der Waals surface area contributed by atoms with E-state index in [9.17, 15) is 14.4 Å². The zero-order valence-electron chi connectivity index (χ0n) is 17.4. The van der Waals surface area contributed by atoms with Crippen LogP contribution in [0.15, 0.2) is 78.9 Å². The normalized spacial score (nSPS) is 18.1. The van der Waals surface area contributed by atoms with Gasteiger partial charge in [-0.25, -0.2) is 4.79 Å². The molecule has 1 saturated heterocycles. The molecule has 31 heavy (non-hydrogen) atoms. The van der Waals surface area contributed by atoms with Gasteiger partial charge in [0.05, 0.1) is 0 Å². The Kier molecular flexibility index (Phi) is 5.29. The van der Waals surface area contributed by atoms with Crippen LogP contribution >= 0.6 is 0 Å². The Morgan fingerprint density at radius 1 is 0.903 bits per heavy atom. The largest absolute Gasteiger partial charge is 0.325 e. The lowest BCUT2D eigenvalue weighted by Crippen LogP contribution is -2.42. The average Bonchev–Trinajstić information content (AvgIpc) is 2.99. The van der Waals surface area contributed by atoms with Crippen LogP contribution in [0.3, 0.4) is 0 Å². The summed E-state index contributed by atoms with van der Waals surface area (Å²) in [6.07, 6.45) is 0. The molecule has 1 aliphatic heterocycles. The van der Waals surface area contributed by atoms with Crippen molar-refractivity contribution in [1.29, 1.82) is 0 Å². The second-order valence-electron chi connectivity index (χ2n) is 7.80. The molecule has 2 N–H and O–H groups in total. The Bertz CT molecular complexity index is 1120. The molecule has 156 valence electrons. The maximum absolute atomic E-state index is 13.0. The molecule has 1 atom stereocenters. The molecule has 0 saturated carbocycles. The fourth-order valence-electron chi connectivity index (χ4n) is 3.64. The Hall–Kier alpha value is -3.93. The maximum atomic E-state index is 13.0. The van der Waals surface area contributed by atoms with Crippen molar-refractivity contribution in [3.8, 4) is 11.1 Å². The summed E-state index contributed by atoms with van der Waals surface area (Å²) >= 11 is 0. The molecule has 0 bridgehead atoms. The molecule has 1 unspecified atom stereocenters. The number of carbonyl (C=O) groups excluding carboxylic acids is 3. The van der Waals surface area contributed by atoms with Crippen LogP contribution in [-0.4, -0.2) is 29.3 Å². The fraction of sp³-hybridized carbons (Fsp3) is 0.160. The Labute approximate surface area is 180 Å². The first kappa shape index (κ1) is 20.3. The van der Waals surface area contributed by atoms with Gasteiger partial charge in [0.1, 0.15) is 12.1 Å². The van der Waals surface area contributed by atoms with E-state index in [-0.39, 0.29) is 6.54 Å². The van der Waals surface area contributed by atoms with Gasteiger partial charge in [-0.1, -0.05) is 72.3 Å². The lowest BCUT2D eigenvalue weighted by Gasteiger charge is -2.22. The molecule has 0 spiro atoms. The molecule has 6 heteroatoms. The molecule has 1 fully saturated rings. The lowest BCUT2D eigenvalue weighted by atomic mass is 9.91. The summed E-state index contributed by atoms with van der Waals surface area (Å²) in [7, 11) is 0. The van der Waals surface area contributed by atoms with E-state index in [0.29, 0.717) is 11.3 Å². The average molecular weight is 413 g/mol. The van der Waals surface area contributed by atoms with Crippen molar-refractivity contribution in [2.45, 2.75) is 19.4 Å². The van der Waals surface area contributed by atoms with Gasteiger partial charge in [0.15, 0.2) is 0 Å². The first-order chi connectivity index (χ1) is 14.9. The highest BCUT2D eigenvalue weighted by molar-refractivity contribution is 6.10. The van der Waals surface area contributed by atoms with Crippen molar-refractivity contribution >= 4 is 23.5 Å². The number of nitrogens with zero attached hydrogens (tertiary/aromatic N) is 1. The van der Waals surface area contributed by atoms with Crippen LogP contribution in [0.25, 0.3) is 11.1 Å². The van der Waals surface area contributed by atoms with E-state index >= 15 is 0 Å². The monoisotopic (exact) mass is 413 g/mol. The van der Waals surface area contributed by atoms with Crippen LogP contribution in [0.4, 0.5) is 10.5 Å².